The van der Waals surface area contributed by atoms with Crippen molar-refractivity contribution in [1.29, 1.82) is 0 Å². The van der Waals surface area contributed by atoms with Crippen LogP contribution in [0.3, 0.4) is 0 Å². The molecule has 0 aromatic carbocycles. The van der Waals surface area contributed by atoms with Crippen molar-refractivity contribution in [1.82, 2.24) is 0 Å². The number of Topliss-reactive ketones (excluding diaryl/α,β-unsaturated/α-hetero) is 1. The predicted molar refractivity (Wildman–Crippen MR) is 58.2 cm³/mol. The molecule has 0 heterocycles. The van der Waals surface area contributed by atoms with E-state index in [0.717, 1.165) is 0 Å². The number of rotatable bonds is 9. The predicted octanol–water partition coefficient (Wildman–Crippen LogP) is -1.65. The minimum atomic E-state index is -3.01. The van der Waals surface area contributed by atoms with Crippen LogP contribution >= 0.6 is 0 Å². The number of carbonyl (C=O) groups excluding carboxylic acids is 2. The molecule has 4 N–H and O–H groups in total. The first-order valence-electron chi connectivity index (χ1n) is 5.15. The summed E-state index contributed by atoms with van der Waals surface area (Å²) < 4.78 is 4.17. The van der Waals surface area contributed by atoms with Crippen LogP contribution in [0.25, 0.3) is 0 Å². The van der Waals surface area contributed by atoms with Crippen molar-refractivity contribution in [3.8, 4) is 0 Å². The van der Waals surface area contributed by atoms with Crippen molar-refractivity contribution >= 4 is 35.6 Å². The van der Waals surface area contributed by atoms with Gasteiger partial charge in [0.2, 0.25) is 5.60 Å². The first-order valence-corrected chi connectivity index (χ1v) is 5.15. The fourth-order valence-corrected chi connectivity index (χ4v) is 1.26. The Morgan fingerprint density at radius 3 is 1.48 bits per heavy atom. The molecule has 0 aromatic heterocycles. The Bertz CT molecular complexity index is 487. The summed E-state index contributed by atoms with van der Waals surface area (Å²) in [6, 6.07) is 0. The van der Waals surface area contributed by atoms with Crippen molar-refractivity contribution in [3.05, 3.63) is 0 Å². The summed E-state index contributed by atoms with van der Waals surface area (Å²) in [7, 11) is 0. The lowest BCUT2D eigenvalue weighted by molar-refractivity contribution is -0.187. The van der Waals surface area contributed by atoms with E-state index in [1.165, 1.54) is 0 Å². The first-order chi connectivity index (χ1) is 9.50. The van der Waals surface area contributed by atoms with Gasteiger partial charge in [0.05, 0.1) is 12.8 Å². The average Bonchev–Trinajstić information content (AvgIpc) is 2.25. The Hall–Kier alpha value is -2.98. The second-order valence-corrected chi connectivity index (χ2v) is 3.82. The van der Waals surface area contributed by atoms with Crippen LogP contribution in [-0.4, -0.2) is 61.7 Å². The van der Waals surface area contributed by atoms with Crippen molar-refractivity contribution in [3.63, 3.8) is 0 Å². The summed E-state index contributed by atoms with van der Waals surface area (Å²) >= 11 is 0. The van der Waals surface area contributed by atoms with Crippen molar-refractivity contribution in [2.75, 3.05) is 0 Å². The SMILES string of the molecule is O=C(O)CC(=O)C(=O)OC(CC(=O)O)(CC(=O)O)C(=O)O. The summed E-state index contributed by atoms with van der Waals surface area (Å²) in [5, 5.41) is 34.4. The van der Waals surface area contributed by atoms with Crippen LogP contribution in [0.1, 0.15) is 19.3 Å². The van der Waals surface area contributed by atoms with Crippen LogP contribution in [0.15, 0.2) is 0 Å². The second kappa shape index (κ2) is 6.98. The summed E-state index contributed by atoms with van der Waals surface area (Å²) in [6.07, 6.45) is -4.14. The Balaban J connectivity index is 5.38. The molecule has 0 atom stereocenters. The van der Waals surface area contributed by atoms with Crippen LogP contribution in [0, 0.1) is 0 Å². The van der Waals surface area contributed by atoms with Crippen LogP contribution in [0.2, 0.25) is 0 Å². The highest BCUT2D eigenvalue weighted by molar-refractivity contribution is 6.36. The molecular formula is C10H10O11. The zero-order chi connectivity index (χ0) is 16.8. The van der Waals surface area contributed by atoms with Gasteiger partial charge in [0.1, 0.15) is 6.42 Å². The van der Waals surface area contributed by atoms with Gasteiger partial charge in [-0.2, -0.15) is 0 Å². The smallest absolute Gasteiger partial charge is 0.376 e. The van der Waals surface area contributed by atoms with Gasteiger partial charge in [0.15, 0.2) is 0 Å². The van der Waals surface area contributed by atoms with Gasteiger partial charge in [0.25, 0.3) is 5.78 Å². The van der Waals surface area contributed by atoms with Gasteiger partial charge in [-0.3, -0.25) is 19.2 Å². The first kappa shape index (κ1) is 18.0. The molecule has 0 aliphatic carbocycles. The molecule has 0 aliphatic heterocycles. The number of carboxylic acids is 4. The van der Waals surface area contributed by atoms with E-state index in [9.17, 15) is 28.8 Å². The van der Waals surface area contributed by atoms with Crippen LogP contribution in [0.4, 0.5) is 0 Å². The van der Waals surface area contributed by atoms with E-state index in [1.54, 1.807) is 0 Å². The summed E-state index contributed by atoms with van der Waals surface area (Å²) in [4.78, 5) is 64.8. The maximum absolute atomic E-state index is 11.3. The molecule has 0 radical (unpaired) electrons. The van der Waals surface area contributed by atoms with Gasteiger partial charge in [-0.1, -0.05) is 0 Å². The van der Waals surface area contributed by atoms with Crippen molar-refractivity contribution in [2.24, 2.45) is 0 Å². The van der Waals surface area contributed by atoms with E-state index in [2.05, 4.69) is 4.74 Å². The monoisotopic (exact) mass is 306 g/mol. The highest BCUT2D eigenvalue weighted by Gasteiger charge is 2.48. The topological polar surface area (TPSA) is 193 Å². The highest BCUT2D eigenvalue weighted by Crippen LogP contribution is 2.22. The van der Waals surface area contributed by atoms with Gasteiger partial charge in [-0.05, 0) is 0 Å². The number of hydrogen-bond donors (Lipinski definition) is 4. The molecule has 0 aliphatic rings. The molecule has 0 spiro atoms. The Labute approximate surface area is 115 Å². The van der Waals surface area contributed by atoms with E-state index in [1.807, 2.05) is 0 Å². The number of ketones is 1. The Kier molecular flexibility index (Phi) is 5.99. The molecule has 0 rings (SSSR count). The molecule has 0 bridgehead atoms. The fourth-order valence-electron chi connectivity index (χ4n) is 1.26. The minimum Gasteiger partial charge on any atom is -0.481 e. The zero-order valence-electron chi connectivity index (χ0n) is 10.3. The number of carbonyl (C=O) groups is 6. The number of ether oxygens (including phenoxy) is 1. The van der Waals surface area contributed by atoms with Crippen molar-refractivity contribution < 1.29 is 53.9 Å². The Morgan fingerprint density at radius 2 is 1.19 bits per heavy atom. The summed E-state index contributed by atoms with van der Waals surface area (Å²) in [6.45, 7) is 0. The van der Waals surface area contributed by atoms with E-state index >= 15 is 0 Å². The molecule has 0 fully saturated rings. The minimum absolute atomic E-state index is 1.31. The van der Waals surface area contributed by atoms with E-state index in [0.29, 0.717) is 0 Å². The molecule has 0 saturated carbocycles. The quantitative estimate of drug-likeness (QED) is 0.216. The molecule has 0 aromatic rings. The van der Waals surface area contributed by atoms with E-state index < -0.39 is 60.5 Å². The normalized spacial score (nSPS) is 10.5. The van der Waals surface area contributed by atoms with Crippen LogP contribution in [-0.2, 0) is 33.5 Å². The van der Waals surface area contributed by atoms with E-state index in [4.69, 9.17) is 20.4 Å². The lowest BCUT2D eigenvalue weighted by atomic mass is 9.95. The largest absolute Gasteiger partial charge is 0.481 e. The molecule has 0 unspecified atom stereocenters. The van der Waals surface area contributed by atoms with Crippen molar-refractivity contribution in [2.45, 2.75) is 24.9 Å². The number of esters is 1. The summed E-state index contributed by atoms with van der Waals surface area (Å²) in [5.41, 5.74) is -3.01. The third-order valence-corrected chi connectivity index (χ3v) is 2.09. The van der Waals surface area contributed by atoms with Gasteiger partial charge >= 0.3 is 29.8 Å². The molecule has 11 heteroatoms. The molecule has 0 amide bonds. The maximum atomic E-state index is 11.3. The van der Waals surface area contributed by atoms with Gasteiger partial charge in [0, 0.05) is 0 Å². The lowest BCUT2D eigenvalue weighted by Crippen LogP contribution is -2.48. The Morgan fingerprint density at radius 1 is 0.762 bits per heavy atom. The number of carboxylic acid groups (broad SMARTS) is 4. The molecule has 0 saturated heterocycles. The summed E-state index contributed by atoms with van der Waals surface area (Å²) in [5.74, 6) is -11.0. The lowest BCUT2D eigenvalue weighted by Gasteiger charge is -2.25. The fraction of sp³-hybridized carbons (Fsp3) is 0.400. The standard InChI is InChI=1S/C10H10O11/c11-4(1-5(12)13)8(18)21-10(9(19)20,2-6(14)15)3-7(16)17/h1-3H2,(H,12,13)(H,14,15)(H,16,17)(H,19,20). The highest BCUT2D eigenvalue weighted by atomic mass is 16.6. The zero-order valence-corrected chi connectivity index (χ0v) is 10.3. The third-order valence-electron chi connectivity index (χ3n) is 2.09. The molecule has 11 nitrogen and oxygen atoms in total. The second-order valence-electron chi connectivity index (χ2n) is 3.82. The molecular weight excluding hydrogens is 296 g/mol. The molecule has 116 valence electrons. The maximum Gasteiger partial charge on any atom is 0.376 e. The van der Waals surface area contributed by atoms with Crippen LogP contribution in [0.5, 0.6) is 0 Å². The van der Waals surface area contributed by atoms with Gasteiger partial charge < -0.3 is 25.2 Å². The van der Waals surface area contributed by atoms with Gasteiger partial charge in [-0.25, -0.2) is 9.59 Å². The van der Waals surface area contributed by atoms with E-state index in [-0.39, 0.29) is 0 Å². The number of aliphatic carboxylic acids is 4. The third kappa shape index (κ3) is 5.67. The van der Waals surface area contributed by atoms with Crippen LogP contribution < -0.4 is 0 Å². The number of hydrogen-bond acceptors (Lipinski definition) is 7. The van der Waals surface area contributed by atoms with Gasteiger partial charge in [-0.15, -0.1) is 0 Å². The molecule has 21 heavy (non-hydrogen) atoms. The average molecular weight is 306 g/mol.